The lowest BCUT2D eigenvalue weighted by Crippen LogP contribution is -2.19. The van der Waals surface area contributed by atoms with E-state index in [9.17, 15) is 0 Å². The number of rotatable bonds is 5. The second-order valence-corrected chi connectivity index (χ2v) is 6.09. The van der Waals surface area contributed by atoms with E-state index in [-0.39, 0.29) is 16.6 Å². The van der Waals surface area contributed by atoms with Crippen LogP contribution < -0.4 is 0 Å². The highest BCUT2D eigenvalue weighted by Crippen LogP contribution is 2.40. The summed E-state index contributed by atoms with van der Waals surface area (Å²) in [5.41, 5.74) is 2.55. The second kappa shape index (κ2) is 8.19. The van der Waals surface area contributed by atoms with Gasteiger partial charge in [-0.1, -0.05) is 67.0 Å². The van der Waals surface area contributed by atoms with E-state index < -0.39 is 20.3 Å². The molecule has 1 aliphatic carbocycles. The summed E-state index contributed by atoms with van der Waals surface area (Å²) in [6, 6.07) is 0. The molecule has 21 heavy (non-hydrogen) atoms. The van der Waals surface area contributed by atoms with Crippen LogP contribution in [0.25, 0.3) is 0 Å². The molecular formula is C20H30O. The van der Waals surface area contributed by atoms with E-state index in [0.717, 1.165) is 24.8 Å². The van der Waals surface area contributed by atoms with Crippen molar-refractivity contribution in [2.45, 2.75) is 53.7 Å². The third-order valence-corrected chi connectivity index (χ3v) is 3.83. The molecule has 1 heteroatoms. The van der Waals surface area contributed by atoms with Crippen molar-refractivity contribution in [1.29, 1.82) is 0 Å². The summed E-state index contributed by atoms with van der Waals surface area (Å²) in [6.45, 7) is 1.34. The number of hydrogen-bond donors (Lipinski definition) is 1. The summed E-state index contributed by atoms with van der Waals surface area (Å²) >= 11 is 0. The van der Waals surface area contributed by atoms with Gasteiger partial charge in [-0.05, 0) is 50.9 Å². The van der Waals surface area contributed by atoms with Crippen molar-refractivity contribution < 1.29 is 13.3 Å². The summed E-state index contributed by atoms with van der Waals surface area (Å²) in [5.74, 6) is 0. The first-order valence-electron chi connectivity index (χ1n) is 10.4. The summed E-state index contributed by atoms with van der Waals surface area (Å²) in [5, 5.41) is 8.96. The maximum Gasteiger partial charge on any atom is 0.0617 e. The summed E-state index contributed by atoms with van der Waals surface area (Å²) in [7, 11) is 0. The Kier molecular flexibility index (Phi) is 4.05. The molecule has 0 aromatic carbocycles. The summed E-state index contributed by atoms with van der Waals surface area (Å²) in [6.07, 6.45) is 12.0. The number of allylic oxidation sites excluding steroid dienone is 9. The van der Waals surface area contributed by atoms with E-state index in [2.05, 4.69) is 20.8 Å². The predicted molar refractivity (Wildman–Crippen MR) is 93.2 cm³/mol. The van der Waals surface area contributed by atoms with Crippen molar-refractivity contribution in [3.63, 3.8) is 0 Å². The van der Waals surface area contributed by atoms with Gasteiger partial charge < -0.3 is 5.11 Å². The van der Waals surface area contributed by atoms with Crippen LogP contribution in [-0.2, 0) is 0 Å². The zero-order chi connectivity index (χ0) is 20.9. The molecule has 0 spiro atoms. The molecule has 0 saturated carbocycles. The van der Waals surface area contributed by atoms with E-state index in [1.54, 1.807) is 6.08 Å². The van der Waals surface area contributed by atoms with Gasteiger partial charge in [0.15, 0.2) is 0 Å². The van der Waals surface area contributed by atoms with Crippen molar-refractivity contribution in [3.05, 3.63) is 58.7 Å². The molecule has 1 rings (SSSR count). The smallest absolute Gasteiger partial charge is 0.0617 e. The molecule has 0 amide bonds. The Labute approximate surface area is 138 Å². The van der Waals surface area contributed by atoms with E-state index in [0.29, 0.717) is 0 Å². The van der Waals surface area contributed by atoms with Crippen molar-refractivity contribution in [2.24, 2.45) is 5.41 Å². The van der Waals surface area contributed by atoms with Gasteiger partial charge in [0.1, 0.15) is 0 Å². The maximum absolute atomic E-state index is 8.96. The van der Waals surface area contributed by atoms with Gasteiger partial charge in [-0.25, -0.2) is 0 Å². The quantitative estimate of drug-likeness (QED) is 0.662. The minimum Gasteiger partial charge on any atom is -0.392 e. The lowest BCUT2D eigenvalue weighted by Gasteiger charge is -2.32. The standard InChI is InChI=1S/C20H30O/c1-16(8-6-9-17(2)13-15-21)11-12-19-18(3)10-7-14-20(19,4)5/h6,8-9,11-13,21H,7,10,14-15H2,1-5H3/b9-6+,12-11+,16-8+,17-13+/i1D3,2D3. The molecule has 116 valence electrons. The summed E-state index contributed by atoms with van der Waals surface area (Å²) in [4.78, 5) is 0. The van der Waals surface area contributed by atoms with Gasteiger partial charge in [-0.2, -0.15) is 0 Å². The van der Waals surface area contributed by atoms with Crippen LogP contribution in [0.5, 0.6) is 0 Å². The minimum atomic E-state index is -2.36. The topological polar surface area (TPSA) is 20.2 Å². The van der Waals surface area contributed by atoms with Crippen LogP contribution >= 0.6 is 0 Å². The Bertz CT molecular complexity index is 670. The van der Waals surface area contributed by atoms with Gasteiger partial charge in [0.2, 0.25) is 0 Å². The van der Waals surface area contributed by atoms with Gasteiger partial charge in [-0.15, -0.1) is 0 Å². The van der Waals surface area contributed by atoms with Gasteiger partial charge >= 0.3 is 0 Å². The fourth-order valence-electron chi connectivity index (χ4n) is 2.66. The molecule has 1 nitrogen and oxygen atoms in total. The highest BCUT2D eigenvalue weighted by atomic mass is 16.2. The average molecular weight is 292 g/mol. The van der Waals surface area contributed by atoms with E-state index in [1.807, 2.05) is 6.08 Å². The van der Waals surface area contributed by atoms with Crippen molar-refractivity contribution in [2.75, 3.05) is 6.61 Å². The predicted octanol–water partition coefficient (Wildman–Crippen LogP) is 5.51. The molecule has 0 fully saturated rings. The largest absolute Gasteiger partial charge is 0.392 e. The van der Waals surface area contributed by atoms with Gasteiger partial charge in [0.05, 0.1) is 6.61 Å². The lowest BCUT2D eigenvalue weighted by molar-refractivity contribution is 0.342. The molecule has 0 saturated heterocycles. The van der Waals surface area contributed by atoms with Crippen LogP contribution in [0, 0.1) is 5.41 Å². The molecule has 0 atom stereocenters. The Balaban J connectivity index is 3.19. The SMILES string of the molecule is [2H]C([2H])([2H])C(/C=C/C1=C(C)CCCC1(C)C)=C\C=C\C(=C\CO)C([2H])([2H])[2H]. The fraction of sp³-hybridized carbons (Fsp3) is 0.500. The normalized spacial score (nSPS) is 26.3. The maximum atomic E-state index is 8.96. The Hall–Kier alpha value is -1.34. The van der Waals surface area contributed by atoms with Crippen molar-refractivity contribution in [1.82, 2.24) is 0 Å². The average Bonchev–Trinajstić information content (AvgIpc) is 2.48. The molecular weight excluding hydrogens is 256 g/mol. The Morgan fingerprint density at radius 3 is 2.67 bits per heavy atom. The van der Waals surface area contributed by atoms with E-state index in [1.165, 1.54) is 29.9 Å². The number of hydrogen-bond acceptors (Lipinski definition) is 1. The molecule has 0 aliphatic heterocycles. The van der Waals surface area contributed by atoms with E-state index >= 15 is 0 Å². The fourth-order valence-corrected chi connectivity index (χ4v) is 2.66. The molecule has 1 aliphatic rings. The van der Waals surface area contributed by atoms with Gasteiger partial charge in [0.25, 0.3) is 0 Å². The molecule has 0 heterocycles. The first kappa shape index (κ1) is 10.4. The third-order valence-electron chi connectivity index (χ3n) is 3.83. The van der Waals surface area contributed by atoms with Crippen LogP contribution in [0.3, 0.4) is 0 Å². The van der Waals surface area contributed by atoms with Gasteiger partial charge in [-0.3, -0.25) is 0 Å². The third kappa shape index (κ3) is 5.89. The van der Waals surface area contributed by atoms with Crippen LogP contribution in [-0.4, -0.2) is 11.7 Å². The highest BCUT2D eigenvalue weighted by Gasteiger charge is 2.26. The van der Waals surface area contributed by atoms with Gasteiger partial charge in [0, 0.05) is 8.22 Å². The molecule has 0 unspecified atom stereocenters. The molecule has 0 radical (unpaired) electrons. The molecule has 0 aromatic rings. The lowest BCUT2D eigenvalue weighted by atomic mass is 9.72. The Morgan fingerprint density at radius 1 is 1.29 bits per heavy atom. The minimum absolute atomic E-state index is 0.00676. The number of aliphatic hydroxyl groups excluding tert-OH is 1. The van der Waals surface area contributed by atoms with E-state index in [4.69, 9.17) is 13.3 Å². The van der Waals surface area contributed by atoms with Crippen LogP contribution in [0.2, 0.25) is 0 Å². The molecule has 0 bridgehead atoms. The van der Waals surface area contributed by atoms with Crippen LogP contribution in [0.1, 0.15) is 62.0 Å². The van der Waals surface area contributed by atoms with Crippen molar-refractivity contribution in [3.8, 4) is 0 Å². The number of aliphatic hydroxyl groups is 1. The molecule has 0 aromatic heterocycles. The van der Waals surface area contributed by atoms with Crippen LogP contribution in [0.4, 0.5) is 0 Å². The zero-order valence-corrected chi connectivity index (χ0v) is 13.2. The summed E-state index contributed by atoms with van der Waals surface area (Å²) < 4.78 is 45.5. The monoisotopic (exact) mass is 292 g/mol. The second-order valence-electron chi connectivity index (χ2n) is 6.09. The Morgan fingerprint density at radius 2 is 2.05 bits per heavy atom. The molecule has 1 N–H and O–H groups in total. The first-order chi connectivity index (χ1) is 12.3. The van der Waals surface area contributed by atoms with Crippen LogP contribution in [0.15, 0.2) is 58.7 Å². The highest BCUT2D eigenvalue weighted by molar-refractivity contribution is 5.37. The first-order valence-corrected chi connectivity index (χ1v) is 7.37. The van der Waals surface area contributed by atoms with Crippen molar-refractivity contribution >= 4 is 0 Å². The zero-order valence-electron chi connectivity index (χ0n) is 19.2.